The van der Waals surface area contributed by atoms with Crippen molar-refractivity contribution in [2.45, 2.75) is 30.8 Å². The fourth-order valence-corrected chi connectivity index (χ4v) is 5.12. The number of hydrogen-bond acceptors (Lipinski definition) is 5. The summed E-state index contributed by atoms with van der Waals surface area (Å²) in [5.41, 5.74) is 4.92. The van der Waals surface area contributed by atoms with E-state index in [1.54, 1.807) is 12.5 Å². The van der Waals surface area contributed by atoms with Crippen LogP contribution in [0.25, 0.3) is 0 Å². The highest BCUT2D eigenvalue weighted by Crippen LogP contribution is 2.60. The number of fused-ring (bicyclic) bond motifs is 2. The van der Waals surface area contributed by atoms with E-state index >= 15 is 0 Å². The van der Waals surface area contributed by atoms with Crippen LogP contribution in [0.15, 0.2) is 58.5 Å². The van der Waals surface area contributed by atoms with Crippen LogP contribution < -0.4 is 5.32 Å². The summed E-state index contributed by atoms with van der Waals surface area (Å²) in [7, 11) is 1.45. The summed E-state index contributed by atoms with van der Waals surface area (Å²) < 4.78 is 10.5. The van der Waals surface area contributed by atoms with Crippen molar-refractivity contribution in [2.75, 3.05) is 19.0 Å². The number of nitrogens with one attached hydrogen (secondary N) is 1. The average Bonchev–Trinajstić information content (AvgIpc) is 3.32. The van der Waals surface area contributed by atoms with Gasteiger partial charge >= 0.3 is 5.97 Å². The number of ether oxygens (including phenoxy) is 1. The Hall–Kier alpha value is -2.53. The predicted octanol–water partition coefficient (Wildman–Crippen LogP) is 3.22. The molecule has 2 aromatic rings. The molecule has 3 aliphatic rings. The highest BCUT2D eigenvalue weighted by Gasteiger charge is 2.60. The topological polar surface area (TPSA) is 54.7 Å². The van der Waals surface area contributed by atoms with Gasteiger partial charge in [-0.2, -0.15) is 0 Å². The van der Waals surface area contributed by atoms with Gasteiger partial charge in [0.1, 0.15) is 0 Å². The summed E-state index contributed by atoms with van der Waals surface area (Å²) in [5.74, 6) is -0.273. The van der Waals surface area contributed by atoms with Crippen molar-refractivity contribution in [3.63, 3.8) is 0 Å². The Morgan fingerprint density at radius 3 is 2.96 bits per heavy atom. The van der Waals surface area contributed by atoms with Gasteiger partial charge in [-0.05, 0) is 31.0 Å². The number of anilines is 1. The lowest BCUT2D eigenvalue weighted by molar-refractivity contribution is -0.137. The summed E-state index contributed by atoms with van der Waals surface area (Å²) in [5, 5.41) is 3.56. The van der Waals surface area contributed by atoms with Gasteiger partial charge in [0, 0.05) is 29.5 Å². The first-order valence-corrected chi connectivity index (χ1v) is 8.66. The van der Waals surface area contributed by atoms with E-state index in [1.807, 2.05) is 12.1 Å². The van der Waals surface area contributed by atoms with Crippen molar-refractivity contribution >= 4 is 11.7 Å². The Morgan fingerprint density at radius 2 is 2.20 bits per heavy atom. The Morgan fingerprint density at radius 1 is 1.36 bits per heavy atom. The second kappa shape index (κ2) is 4.99. The summed E-state index contributed by atoms with van der Waals surface area (Å²) >= 11 is 0. The Bertz CT molecular complexity index is 886. The molecule has 5 rings (SSSR count). The molecule has 1 aromatic carbocycles. The summed E-state index contributed by atoms with van der Waals surface area (Å²) in [4.78, 5) is 15.2. The lowest BCUT2D eigenvalue weighted by Crippen LogP contribution is -2.49. The van der Waals surface area contributed by atoms with Crippen LogP contribution in [0.3, 0.4) is 0 Å². The van der Waals surface area contributed by atoms with Gasteiger partial charge in [-0.15, -0.1) is 0 Å². The number of carbonyl (C=O) groups excluding carboxylic acids is 1. The molecular weight excluding hydrogens is 316 g/mol. The molecule has 3 aliphatic heterocycles. The van der Waals surface area contributed by atoms with Crippen molar-refractivity contribution in [3.8, 4) is 0 Å². The molecular formula is C20H20N2O3. The first kappa shape index (κ1) is 14.8. The van der Waals surface area contributed by atoms with E-state index in [4.69, 9.17) is 9.15 Å². The van der Waals surface area contributed by atoms with Gasteiger partial charge in [-0.25, -0.2) is 4.79 Å². The fraction of sp³-hybridized carbons (Fsp3) is 0.350. The third-order valence-electron chi connectivity index (χ3n) is 6.23. The minimum atomic E-state index is -0.273. The number of benzene rings is 1. The Kier molecular flexibility index (Phi) is 2.95. The number of methoxy groups -OCH3 is 1. The summed E-state index contributed by atoms with van der Waals surface area (Å²) in [6, 6.07) is 10.5. The van der Waals surface area contributed by atoms with Crippen LogP contribution in [0.4, 0.5) is 5.69 Å². The normalized spacial score (nSPS) is 32.2. The second-order valence-corrected chi connectivity index (χ2v) is 7.05. The van der Waals surface area contributed by atoms with Gasteiger partial charge in [0.15, 0.2) is 0 Å². The van der Waals surface area contributed by atoms with E-state index in [1.165, 1.54) is 12.7 Å². The minimum Gasteiger partial charge on any atom is -0.472 e. The van der Waals surface area contributed by atoms with Crippen molar-refractivity contribution in [1.29, 1.82) is 0 Å². The lowest BCUT2D eigenvalue weighted by Gasteiger charge is -2.43. The molecule has 4 atom stereocenters. The van der Waals surface area contributed by atoms with E-state index in [9.17, 15) is 4.79 Å². The van der Waals surface area contributed by atoms with Crippen molar-refractivity contribution in [2.24, 2.45) is 0 Å². The monoisotopic (exact) mass is 336 g/mol. The molecule has 0 aliphatic carbocycles. The maximum absolute atomic E-state index is 12.8. The van der Waals surface area contributed by atoms with Gasteiger partial charge < -0.3 is 14.5 Å². The van der Waals surface area contributed by atoms with E-state index in [0.29, 0.717) is 5.57 Å². The molecule has 4 heterocycles. The highest BCUT2D eigenvalue weighted by atomic mass is 16.5. The van der Waals surface area contributed by atoms with E-state index < -0.39 is 0 Å². The minimum absolute atomic E-state index is 0.145. The number of carbonyl (C=O) groups is 1. The van der Waals surface area contributed by atoms with Crippen LogP contribution in [-0.2, 0) is 14.9 Å². The first-order chi connectivity index (χ1) is 12.2. The van der Waals surface area contributed by atoms with Gasteiger partial charge in [-0.3, -0.25) is 4.90 Å². The molecule has 1 spiro atoms. The van der Waals surface area contributed by atoms with Gasteiger partial charge in [0.05, 0.1) is 36.7 Å². The zero-order valence-electron chi connectivity index (χ0n) is 14.3. The molecule has 25 heavy (non-hydrogen) atoms. The van der Waals surface area contributed by atoms with Gasteiger partial charge in [0.25, 0.3) is 0 Å². The number of furan rings is 1. The van der Waals surface area contributed by atoms with Crippen LogP contribution >= 0.6 is 0 Å². The van der Waals surface area contributed by atoms with E-state index in [-0.39, 0.29) is 23.5 Å². The van der Waals surface area contributed by atoms with Crippen molar-refractivity contribution in [1.82, 2.24) is 4.90 Å². The van der Waals surface area contributed by atoms with Crippen LogP contribution in [0, 0.1) is 0 Å². The van der Waals surface area contributed by atoms with Gasteiger partial charge in [-0.1, -0.05) is 18.2 Å². The van der Waals surface area contributed by atoms with Crippen LogP contribution in [0.2, 0.25) is 0 Å². The molecule has 1 aromatic heterocycles. The second-order valence-electron chi connectivity index (χ2n) is 7.05. The Labute approximate surface area is 146 Å². The van der Waals surface area contributed by atoms with Crippen LogP contribution in [0.5, 0.6) is 0 Å². The quantitative estimate of drug-likeness (QED) is 0.854. The third-order valence-corrected chi connectivity index (χ3v) is 6.23. The van der Waals surface area contributed by atoms with E-state index in [2.05, 4.69) is 35.3 Å². The number of hydrogen-bond donors (Lipinski definition) is 1. The molecule has 5 nitrogen and oxygen atoms in total. The molecule has 2 bridgehead atoms. The number of esters is 1. The van der Waals surface area contributed by atoms with Crippen molar-refractivity contribution < 1.29 is 13.9 Å². The Balaban J connectivity index is 1.81. The van der Waals surface area contributed by atoms with E-state index in [0.717, 1.165) is 29.9 Å². The number of nitrogens with zero attached hydrogens (tertiary/aromatic N) is 1. The molecule has 0 radical (unpaired) electrons. The molecule has 5 heteroatoms. The predicted molar refractivity (Wildman–Crippen MR) is 93.0 cm³/mol. The largest absolute Gasteiger partial charge is 0.472 e. The summed E-state index contributed by atoms with van der Waals surface area (Å²) in [6.45, 7) is 3.19. The molecule has 1 saturated heterocycles. The standard InChI is InChI=1S/C20H20N2O3/c1-12-20-8-9-22(12)17(13-7-10-25-11-13)16(19(23)24-2)18(20)21-15-6-4-3-5-14(15)20/h3-7,10-12,17,21H,8-9H2,1-2H3/t12-,17?,20+/m0/s1. The zero-order chi connectivity index (χ0) is 17.2. The average molecular weight is 336 g/mol. The highest BCUT2D eigenvalue weighted by molar-refractivity contribution is 5.94. The molecule has 1 fully saturated rings. The smallest absolute Gasteiger partial charge is 0.337 e. The molecule has 1 N–H and O–H groups in total. The molecule has 128 valence electrons. The zero-order valence-corrected chi connectivity index (χ0v) is 14.3. The van der Waals surface area contributed by atoms with Gasteiger partial charge in [0.2, 0.25) is 0 Å². The molecule has 0 amide bonds. The lowest BCUT2D eigenvalue weighted by atomic mass is 9.69. The summed E-state index contributed by atoms with van der Waals surface area (Å²) in [6.07, 6.45) is 4.38. The maximum Gasteiger partial charge on any atom is 0.337 e. The number of rotatable bonds is 2. The first-order valence-electron chi connectivity index (χ1n) is 8.66. The van der Waals surface area contributed by atoms with Crippen LogP contribution in [-0.4, -0.2) is 30.6 Å². The number of para-hydroxylation sites is 1. The molecule has 2 unspecified atom stereocenters. The molecule has 0 saturated carbocycles. The fourth-order valence-electron chi connectivity index (χ4n) is 5.12. The van der Waals surface area contributed by atoms with Crippen LogP contribution in [0.1, 0.15) is 30.5 Å². The maximum atomic E-state index is 12.8. The third kappa shape index (κ3) is 1.69. The van der Waals surface area contributed by atoms with Crippen molar-refractivity contribution in [3.05, 3.63) is 65.3 Å². The SMILES string of the molecule is COC(=O)C1=C2Nc3ccccc3[C@]23CCN(C1c1ccoc1)[C@H]3C.